The molecule has 0 bridgehead atoms. The Bertz CT molecular complexity index is 1030. The predicted octanol–water partition coefficient (Wildman–Crippen LogP) is 1.48. The Morgan fingerprint density at radius 3 is 2.68 bits per heavy atom. The minimum Gasteiger partial charge on any atom is -0.378 e. The quantitative estimate of drug-likeness (QED) is 0.667. The van der Waals surface area contributed by atoms with Crippen molar-refractivity contribution in [2.75, 3.05) is 57.6 Å². The van der Waals surface area contributed by atoms with E-state index in [2.05, 4.69) is 32.1 Å². The predicted molar refractivity (Wildman–Crippen MR) is 111 cm³/mol. The average Bonchev–Trinajstić information content (AvgIpc) is 3.11. The molecular weight excluding hydrogens is 374 g/mol. The fourth-order valence-corrected chi connectivity index (χ4v) is 3.81. The molecule has 0 radical (unpaired) electrons. The van der Waals surface area contributed by atoms with Crippen LogP contribution in [0.15, 0.2) is 17.8 Å². The van der Waals surface area contributed by atoms with Gasteiger partial charge in [-0.2, -0.15) is 0 Å². The van der Waals surface area contributed by atoms with Gasteiger partial charge in [0, 0.05) is 30.9 Å². The number of fused-ring (bicyclic) bond motifs is 1. The van der Waals surface area contributed by atoms with E-state index < -0.39 is 0 Å². The number of nitrogen functional groups attached to an aromatic ring is 1. The molecule has 1 aliphatic rings. The highest BCUT2D eigenvalue weighted by Gasteiger charge is 2.20. The van der Waals surface area contributed by atoms with Gasteiger partial charge in [-0.25, -0.2) is 19.9 Å². The van der Waals surface area contributed by atoms with Crippen LogP contribution in [0.5, 0.6) is 0 Å². The van der Waals surface area contributed by atoms with Gasteiger partial charge in [0.2, 0.25) is 5.95 Å². The number of nitrogens with two attached hydrogens (primary N) is 1. The first-order chi connectivity index (χ1) is 13.6. The molecule has 0 atom stereocenters. The van der Waals surface area contributed by atoms with Gasteiger partial charge in [-0.05, 0) is 14.1 Å². The monoisotopic (exact) mass is 395 g/mol. The molecule has 0 aliphatic carbocycles. The maximum Gasteiger partial charge on any atom is 0.219 e. The van der Waals surface area contributed by atoms with Crippen LogP contribution in [0.3, 0.4) is 0 Å². The number of hydrogen-bond acceptors (Lipinski definition) is 9. The van der Waals surface area contributed by atoms with E-state index in [1.807, 2.05) is 19.0 Å². The number of ether oxygens (including phenoxy) is 1. The van der Waals surface area contributed by atoms with E-state index in [-0.39, 0.29) is 5.95 Å². The van der Waals surface area contributed by atoms with Gasteiger partial charge in [-0.3, -0.25) is 4.90 Å². The lowest BCUT2D eigenvalue weighted by molar-refractivity contribution is 0.122. The third kappa shape index (κ3) is 3.89. The number of thiophene rings is 1. The van der Waals surface area contributed by atoms with Crippen LogP contribution in [0.2, 0.25) is 0 Å². The highest BCUT2D eigenvalue weighted by molar-refractivity contribution is 7.18. The van der Waals surface area contributed by atoms with Gasteiger partial charge in [0.1, 0.15) is 5.52 Å². The van der Waals surface area contributed by atoms with Gasteiger partial charge >= 0.3 is 0 Å². The third-order valence-corrected chi connectivity index (χ3v) is 5.22. The SMILES string of the molecule is CN(C)CC#Cc1csc2c(N3CCOCC3)nc(-c3cnc(N)nc3)nc12. The van der Waals surface area contributed by atoms with Crippen molar-refractivity contribution >= 4 is 33.3 Å². The molecule has 0 saturated carbocycles. The number of anilines is 2. The largest absolute Gasteiger partial charge is 0.378 e. The summed E-state index contributed by atoms with van der Waals surface area (Å²) in [5, 5.41) is 2.05. The molecule has 4 heterocycles. The van der Waals surface area contributed by atoms with Crippen LogP contribution in [0.4, 0.5) is 11.8 Å². The Morgan fingerprint density at radius 1 is 1.21 bits per heavy atom. The fourth-order valence-electron chi connectivity index (χ4n) is 2.86. The molecule has 1 saturated heterocycles. The summed E-state index contributed by atoms with van der Waals surface area (Å²) in [6, 6.07) is 0. The lowest BCUT2D eigenvalue weighted by atomic mass is 10.2. The molecule has 1 aliphatic heterocycles. The molecule has 28 heavy (non-hydrogen) atoms. The van der Waals surface area contributed by atoms with Crippen molar-refractivity contribution in [2.45, 2.75) is 0 Å². The molecular formula is C19H21N7OS. The molecule has 0 unspecified atom stereocenters. The first-order valence-electron chi connectivity index (χ1n) is 8.95. The summed E-state index contributed by atoms with van der Waals surface area (Å²) in [7, 11) is 4.00. The van der Waals surface area contributed by atoms with E-state index in [4.69, 9.17) is 20.4 Å². The molecule has 3 aromatic heterocycles. The summed E-state index contributed by atoms with van der Waals surface area (Å²) in [6.07, 6.45) is 3.30. The van der Waals surface area contributed by atoms with Crippen molar-refractivity contribution < 1.29 is 4.74 Å². The van der Waals surface area contributed by atoms with E-state index in [0.29, 0.717) is 25.6 Å². The minimum atomic E-state index is 0.226. The molecule has 9 heteroatoms. The van der Waals surface area contributed by atoms with Crippen LogP contribution in [0.25, 0.3) is 21.6 Å². The van der Waals surface area contributed by atoms with Crippen molar-refractivity contribution in [1.29, 1.82) is 0 Å². The van der Waals surface area contributed by atoms with Crippen LogP contribution in [0, 0.1) is 11.8 Å². The Balaban J connectivity index is 1.84. The Hall–Kier alpha value is -2.80. The topological polar surface area (TPSA) is 93.3 Å². The zero-order chi connectivity index (χ0) is 19.5. The van der Waals surface area contributed by atoms with Crippen LogP contribution < -0.4 is 10.6 Å². The van der Waals surface area contributed by atoms with Gasteiger partial charge in [0.15, 0.2) is 11.6 Å². The van der Waals surface area contributed by atoms with Gasteiger partial charge in [-0.1, -0.05) is 11.8 Å². The molecule has 3 aromatic rings. The van der Waals surface area contributed by atoms with E-state index >= 15 is 0 Å². The molecule has 0 spiro atoms. The zero-order valence-corrected chi connectivity index (χ0v) is 16.7. The lowest BCUT2D eigenvalue weighted by Gasteiger charge is -2.28. The van der Waals surface area contributed by atoms with Crippen molar-refractivity contribution in [3.63, 3.8) is 0 Å². The molecule has 2 N–H and O–H groups in total. The van der Waals surface area contributed by atoms with E-state index in [9.17, 15) is 0 Å². The Labute approximate surface area is 167 Å². The summed E-state index contributed by atoms with van der Waals surface area (Å²) in [5.74, 6) is 8.15. The first-order valence-corrected chi connectivity index (χ1v) is 9.83. The maximum absolute atomic E-state index is 5.62. The van der Waals surface area contributed by atoms with Crippen LogP contribution in [-0.2, 0) is 4.74 Å². The average molecular weight is 395 g/mol. The summed E-state index contributed by atoms with van der Waals surface area (Å²) < 4.78 is 6.54. The fraction of sp³-hybridized carbons (Fsp3) is 0.368. The number of nitrogens with zero attached hydrogens (tertiary/aromatic N) is 6. The smallest absolute Gasteiger partial charge is 0.219 e. The minimum absolute atomic E-state index is 0.226. The first kappa shape index (κ1) is 18.6. The second-order valence-corrected chi connectivity index (χ2v) is 7.55. The van der Waals surface area contributed by atoms with Crippen molar-refractivity contribution in [1.82, 2.24) is 24.8 Å². The second-order valence-electron chi connectivity index (χ2n) is 6.67. The second kappa shape index (κ2) is 8.06. The summed E-state index contributed by atoms with van der Waals surface area (Å²) >= 11 is 1.62. The normalized spacial score (nSPS) is 14.3. The third-order valence-electron chi connectivity index (χ3n) is 4.26. The molecule has 0 amide bonds. The zero-order valence-electron chi connectivity index (χ0n) is 15.8. The molecule has 4 rings (SSSR count). The van der Waals surface area contributed by atoms with Gasteiger partial charge in [0.05, 0.1) is 35.6 Å². The Morgan fingerprint density at radius 2 is 1.96 bits per heavy atom. The maximum atomic E-state index is 5.62. The van der Waals surface area contributed by atoms with E-state index in [1.165, 1.54) is 0 Å². The van der Waals surface area contributed by atoms with Gasteiger partial charge < -0.3 is 15.4 Å². The van der Waals surface area contributed by atoms with E-state index in [0.717, 1.165) is 40.3 Å². The molecule has 144 valence electrons. The highest BCUT2D eigenvalue weighted by atomic mass is 32.1. The van der Waals surface area contributed by atoms with Crippen LogP contribution in [-0.4, -0.2) is 71.8 Å². The van der Waals surface area contributed by atoms with Crippen molar-refractivity contribution in [2.24, 2.45) is 0 Å². The number of morpholine rings is 1. The van der Waals surface area contributed by atoms with Crippen molar-refractivity contribution in [3.05, 3.63) is 23.3 Å². The highest BCUT2D eigenvalue weighted by Crippen LogP contribution is 2.34. The molecule has 0 aromatic carbocycles. The summed E-state index contributed by atoms with van der Waals surface area (Å²) in [5.41, 5.74) is 8.12. The van der Waals surface area contributed by atoms with Gasteiger partial charge in [0.25, 0.3) is 0 Å². The number of rotatable bonds is 3. The number of aromatic nitrogens is 4. The van der Waals surface area contributed by atoms with Crippen molar-refractivity contribution in [3.8, 4) is 23.2 Å². The molecule has 8 nitrogen and oxygen atoms in total. The van der Waals surface area contributed by atoms with Crippen LogP contribution >= 0.6 is 11.3 Å². The van der Waals surface area contributed by atoms with Crippen LogP contribution in [0.1, 0.15) is 5.56 Å². The number of hydrogen-bond donors (Lipinski definition) is 1. The lowest BCUT2D eigenvalue weighted by Crippen LogP contribution is -2.36. The summed E-state index contributed by atoms with van der Waals surface area (Å²) in [4.78, 5) is 22.1. The van der Waals surface area contributed by atoms with E-state index in [1.54, 1.807) is 23.7 Å². The van der Waals surface area contributed by atoms with Gasteiger partial charge in [-0.15, -0.1) is 11.3 Å². The summed E-state index contributed by atoms with van der Waals surface area (Å²) in [6.45, 7) is 3.66. The molecule has 1 fully saturated rings. The standard InChI is InChI=1S/C19H21N7OS/c1-25(2)5-3-4-13-12-28-16-15(13)23-17(14-10-21-19(20)22-11-14)24-18(16)26-6-8-27-9-7-26/h10-12H,5-9H2,1-2H3,(H2,20,21,22). The Kier molecular flexibility index (Phi) is 5.34.